The Bertz CT molecular complexity index is 1060. The van der Waals surface area contributed by atoms with Gasteiger partial charge in [-0.1, -0.05) is 6.08 Å². The molecule has 1 amide bonds. The molecule has 0 atom stereocenters. The molecular formula is C19H18N4O3S2. The average Bonchev–Trinajstić information content (AvgIpc) is 3.20. The lowest BCUT2D eigenvalue weighted by Crippen LogP contribution is -2.24. The van der Waals surface area contributed by atoms with Crippen LogP contribution in [0, 0.1) is 0 Å². The summed E-state index contributed by atoms with van der Waals surface area (Å²) in [7, 11) is -3.61. The molecule has 2 aromatic heterocycles. The van der Waals surface area contributed by atoms with E-state index in [-0.39, 0.29) is 23.9 Å². The second-order valence-corrected chi connectivity index (χ2v) is 8.42. The van der Waals surface area contributed by atoms with Crippen LogP contribution in [-0.2, 0) is 16.6 Å². The van der Waals surface area contributed by atoms with E-state index >= 15 is 0 Å². The predicted molar refractivity (Wildman–Crippen MR) is 108 cm³/mol. The van der Waals surface area contributed by atoms with Crippen molar-refractivity contribution in [2.24, 2.45) is 0 Å². The number of nitrogens with zero attached hydrogens (tertiary/aromatic N) is 2. The van der Waals surface area contributed by atoms with Gasteiger partial charge < -0.3 is 5.32 Å². The van der Waals surface area contributed by atoms with Crippen molar-refractivity contribution in [2.75, 3.05) is 6.54 Å². The van der Waals surface area contributed by atoms with Gasteiger partial charge in [-0.3, -0.25) is 9.78 Å². The van der Waals surface area contributed by atoms with E-state index in [0.29, 0.717) is 5.56 Å². The molecule has 9 heteroatoms. The van der Waals surface area contributed by atoms with Crippen LogP contribution in [0.3, 0.4) is 0 Å². The molecule has 0 fully saturated rings. The van der Waals surface area contributed by atoms with Crippen LogP contribution in [0.15, 0.2) is 71.7 Å². The Kier molecular flexibility index (Phi) is 6.30. The Morgan fingerprint density at radius 2 is 1.86 bits per heavy atom. The highest BCUT2D eigenvalue weighted by Crippen LogP contribution is 2.21. The van der Waals surface area contributed by atoms with Gasteiger partial charge in [0.1, 0.15) is 5.01 Å². The lowest BCUT2D eigenvalue weighted by atomic mass is 10.2. The number of rotatable bonds is 8. The lowest BCUT2D eigenvalue weighted by molar-refractivity contribution is 0.0950. The standard InChI is InChI=1S/C19H18N4O3S2/c1-2-9-22-28(25,26)16-5-3-15(4-6-16)19(24)21-12-18-23-17(13-27-18)14-7-10-20-11-8-14/h2-8,10-11,13,22H,1,9,12H2,(H,21,24). The SMILES string of the molecule is C=CCNS(=O)(=O)c1ccc(C(=O)NCc2nc(-c3ccncc3)cs2)cc1. The molecule has 2 heterocycles. The van der Waals surface area contributed by atoms with Crippen LogP contribution >= 0.6 is 11.3 Å². The van der Waals surface area contributed by atoms with Crippen molar-refractivity contribution in [1.82, 2.24) is 20.0 Å². The highest BCUT2D eigenvalue weighted by atomic mass is 32.2. The first kappa shape index (κ1) is 19.9. The van der Waals surface area contributed by atoms with Crippen LogP contribution in [0.1, 0.15) is 15.4 Å². The number of nitrogens with one attached hydrogen (secondary N) is 2. The topological polar surface area (TPSA) is 101 Å². The first-order chi connectivity index (χ1) is 13.5. The fraction of sp³-hybridized carbons (Fsp3) is 0.105. The zero-order valence-corrected chi connectivity index (χ0v) is 16.5. The zero-order chi connectivity index (χ0) is 20.0. The van der Waals surface area contributed by atoms with E-state index in [4.69, 9.17) is 0 Å². The predicted octanol–water partition coefficient (Wildman–Crippen LogP) is 2.60. The maximum atomic E-state index is 12.3. The van der Waals surface area contributed by atoms with Crippen LogP contribution in [0.2, 0.25) is 0 Å². The van der Waals surface area contributed by atoms with E-state index in [0.717, 1.165) is 16.3 Å². The van der Waals surface area contributed by atoms with Gasteiger partial charge in [0.05, 0.1) is 17.1 Å². The van der Waals surface area contributed by atoms with Crippen molar-refractivity contribution >= 4 is 27.3 Å². The molecule has 144 valence electrons. The maximum absolute atomic E-state index is 12.3. The molecule has 3 rings (SSSR count). The molecule has 0 unspecified atom stereocenters. The molecule has 2 N–H and O–H groups in total. The highest BCUT2D eigenvalue weighted by Gasteiger charge is 2.14. The molecule has 0 radical (unpaired) electrons. The smallest absolute Gasteiger partial charge is 0.251 e. The maximum Gasteiger partial charge on any atom is 0.251 e. The van der Waals surface area contributed by atoms with Crippen molar-refractivity contribution in [3.8, 4) is 11.3 Å². The minimum Gasteiger partial charge on any atom is -0.346 e. The minimum atomic E-state index is -3.61. The summed E-state index contributed by atoms with van der Waals surface area (Å²) in [6, 6.07) is 9.48. The van der Waals surface area contributed by atoms with Crippen molar-refractivity contribution in [1.29, 1.82) is 0 Å². The van der Waals surface area contributed by atoms with Crippen molar-refractivity contribution in [3.63, 3.8) is 0 Å². The Hall–Kier alpha value is -2.88. The molecule has 28 heavy (non-hydrogen) atoms. The second-order valence-electron chi connectivity index (χ2n) is 5.71. The summed E-state index contributed by atoms with van der Waals surface area (Å²) < 4.78 is 26.4. The molecule has 3 aromatic rings. The van der Waals surface area contributed by atoms with E-state index in [9.17, 15) is 13.2 Å². The van der Waals surface area contributed by atoms with Crippen molar-refractivity contribution < 1.29 is 13.2 Å². The number of hydrogen-bond donors (Lipinski definition) is 2. The monoisotopic (exact) mass is 414 g/mol. The third-order valence-corrected chi connectivity index (χ3v) is 6.06. The summed E-state index contributed by atoms with van der Waals surface area (Å²) in [4.78, 5) is 20.9. The normalized spacial score (nSPS) is 11.1. The van der Waals surface area contributed by atoms with E-state index in [1.807, 2.05) is 17.5 Å². The largest absolute Gasteiger partial charge is 0.346 e. The number of hydrogen-bond acceptors (Lipinski definition) is 6. The summed E-state index contributed by atoms with van der Waals surface area (Å²) in [5.41, 5.74) is 2.16. The molecule has 0 bridgehead atoms. The van der Waals surface area contributed by atoms with Crippen molar-refractivity contribution in [2.45, 2.75) is 11.4 Å². The molecule has 0 aliphatic heterocycles. The van der Waals surface area contributed by atoms with Gasteiger partial charge in [-0.15, -0.1) is 17.9 Å². The van der Waals surface area contributed by atoms with Crippen LogP contribution in [0.5, 0.6) is 0 Å². The number of sulfonamides is 1. The summed E-state index contributed by atoms with van der Waals surface area (Å²) in [6.45, 7) is 3.90. The van der Waals surface area contributed by atoms with E-state index < -0.39 is 10.0 Å². The molecule has 0 saturated heterocycles. The molecule has 7 nitrogen and oxygen atoms in total. The quantitative estimate of drug-likeness (QED) is 0.552. The second kappa shape index (κ2) is 8.87. The third kappa shape index (κ3) is 4.89. The van der Waals surface area contributed by atoms with Crippen LogP contribution in [0.25, 0.3) is 11.3 Å². The summed E-state index contributed by atoms with van der Waals surface area (Å²) in [6.07, 6.45) is 4.86. The molecular weight excluding hydrogens is 396 g/mol. The zero-order valence-electron chi connectivity index (χ0n) is 14.8. The minimum absolute atomic E-state index is 0.0906. The van der Waals surface area contributed by atoms with Crippen LogP contribution < -0.4 is 10.0 Å². The fourth-order valence-electron chi connectivity index (χ4n) is 2.34. The number of aromatic nitrogens is 2. The molecule has 0 spiro atoms. The van der Waals surface area contributed by atoms with E-state index in [1.165, 1.54) is 41.7 Å². The van der Waals surface area contributed by atoms with Gasteiger partial charge in [-0.05, 0) is 36.4 Å². The Labute approximate surface area is 167 Å². The van der Waals surface area contributed by atoms with E-state index in [2.05, 4.69) is 26.6 Å². The van der Waals surface area contributed by atoms with Gasteiger partial charge in [0.2, 0.25) is 10.0 Å². The molecule has 0 aliphatic rings. The van der Waals surface area contributed by atoms with Gasteiger partial charge >= 0.3 is 0 Å². The van der Waals surface area contributed by atoms with Gasteiger partial charge in [0, 0.05) is 35.4 Å². The number of benzene rings is 1. The van der Waals surface area contributed by atoms with Gasteiger partial charge in [0.15, 0.2) is 0 Å². The number of amides is 1. The van der Waals surface area contributed by atoms with Gasteiger partial charge in [0.25, 0.3) is 5.91 Å². The fourth-order valence-corrected chi connectivity index (χ4v) is 4.08. The first-order valence-electron chi connectivity index (χ1n) is 8.33. The van der Waals surface area contributed by atoms with E-state index in [1.54, 1.807) is 12.4 Å². The summed E-state index contributed by atoms with van der Waals surface area (Å²) in [5.74, 6) is -0.302. The van der Waals surface area contributed by atoms with Gasteiger partial charge in [-0.25, -0.2) is 18.1 Å². The third-order valence-electron chi connectivity index (χ3n) is 3.77. The Balaban J connectivity index is 1.61. The van der Waals surface area contributed by atoms with Crippen LogP contribution in [0.4, 0.5) is 0 Å². The Morgan fingerprint density at radius 3 is 2.54 bits per heavy atom. The van der Waals surface area contributed by atoms with Crippen molar-refractivity contribution in [3.05, 3.63) is 77.4 Å². The number of thiazole rings is 1. The van der Waals surface area contributed by atoms with Gasteiger partial charge in [-0.2, -0.15) is 0 Å². The first-order valence-corrected chi connectivity index (χ1v) is 10.7. The molecule has 0 aliphatic carbocycles. The number of carbonyl (C=O) groups excluding carboxylic acids is 1. The summed E-state index contributed by atoms with van der Waals surface area (Å²) in [5, 5.41) is 5.49. The number of carbonyl (C=O) groups is 1. The average molecular weight is 415 g/mol. The lowest BCUT2D eigenvalue weighted by Gasteiger charge is -2.06. The Morgan fingerprint density at radius 1 is 1.14 bits per heavy atom. The molecule has 1 aromatic carbocycles. The van der Waals surface area contributed by atoms with Crippen LogP contribution in [-0.4, -0.2) is 30.8 Å². The summed E-state index contributed by atoms with van der Waals surface area (Å²) >= 11 is 1.45. The number of pyridine rings is 1. The highest BCUT2D eigenvalue weighted by molar-refractivity contribution is 7.89. The molecule has 0 saturated carbocycles.